The Balaban J connectivity index is 2.13. The Morgan fingerprint density at radius 2 is 2.62 bits per heavy atom. The number of fused-ring (bicyclic) bond motifs is 1. The van der Waals surface area contributed by atoms with Crippen molar-refractivity contribution in [1.82, 2.24) is 9.55 Å². The second kappa shape index (κ2) is 3.20. The molecule has 0 N–H and O–H groups in total. The molecule has 4 nitrogen and oxygen atoms in total. The van der Waals surface area contributed by atoms with E-state index in [1.807, 2.05) is 6.20 Å². The fraction of sp³-hybridized carbons (Fsp3) is 0.556. The summed E-state index contributed by atoms with van der Waals surface area (Å²) in [6.07, 6.45) is 5.29. The molecule has 0 bridgehead atoms. The second-order valence-corrected chi connectivity index (χ2v) is 3.25. The van der Waals surface area contributed by atoms with E-state index in [4.69, 9.17) is 4.74 Å². The number of carbonyl (C=O) groups excluding carboxylic acids is 1. The SMILES string of the molecule is COC(=O)C1CCn2ccnc2C1. The molecule has 1 aromatic rings. The van der Waals surface area contributed by atoms with Crippen molar-refractivity contribution in [2.75, 3.05) is 7.11 Å². The van der Waals surface area contributed by atoms with Crippen LogP contribution in [0, 0.1) is 5.92 Å². The molecule has 0 amide bonds. The third kappa shape index (κ3) is 1.43. The summed E-state index contributed by atoms with van der Waals surface area (Å²) in [5.41, 5.74) is 0. The minimum absolute atomic E-state index is 0.0000926. The van der Waals surface area contributed by atoms with E-state index in [0.29, 0.717) is 6.42 Å². The predicted molar refractivity (Wildman–Crippen MR) is 46.1 cm³/mol. The number of carbonyl (C=O) groups is 1. The lowest BCUT2D eigenvalue weighted by molar-refractivity contribution is -0.146. The normalized spacial score (nSPS) is 20.8. The van der Waals surface area contributed by atoms with Gasteiger partial charge in [-0.05, 0) is 6.42 Å². The first-order chi connectivity index (χ1) is 6.31. The number of ether oxygens (including phenoxy) is 1. The number of hydrogen-bond acceptors (Lipinski definition) is 3. The standard InChI is InChI=1S/C9H12N2O2/c1-13-9(12)7-2-4-11-5-3-10-8(11)6-7/h3,5,7H,2,4,6H2,1H3. The number of methoxy groups -OCH3 is 1. The van der Waals surface area contributed by atoms with Crippen molar-refractivity contribution < 1.29 is 9.53 Å². The van der Waals surface area contributed by atoms with Gasteiger partial charge < -0.3 is 9.30 Å². The van der Waals surface area contributed by atoms with Crippen molar-refractivity contribution in [3.63, 3.8) is 0 Å². The largest absolute Gasteiger partial charge is 0.469 e. The van der Waals surface area contributed by atoms with E-state index in [1.165, 1.54) is 7.11 Å². The van der Waals surface area contributed by atoms with E-state index in [0.717, 1.165) is 18.8 Å². The fourth-order valence-electron chi connectivity index (χ4n) is 1.72. The van der Waals surface area contributed by atoms with Crippen LogP contribution in [-0.4, -0.2) is 22.6 Å². The first kappa shape index (κ1) is 8.29. The van der Waals surface area contributed by atoms with Crippen LogP contribution in [0.5, 0.6) is 0 Å². The van der Waals surface area contributed by atoms with Crippen molar-refractivity contribution >= 4 is 5.97 Å². The maximum absolute atomic E-state index is 11.2. The van der Waals surface area contributed by atoms with Gasteiger partial charge in [-0.3, -0.25) is 4.79 Å². The molecule has 4 heteroatoms. The molecule has 0 aromatic carbocycles. The summed E-state index contributed by atoms with van der Waals surface area (Å²) < 4.78 is 6.79. The molecule has 1 aliphatic rings. The lowest BCUT2D eigenvalue weighted by Crippen LogP contribution is -2.26. The van der Waals surface area contributed by atoms with Gasteiger partial charge in [0, 0.05) is 25.4 Å². The highest BCUT2D eigenvalue weighted by Crippen LogP contribution is 2.19. The van der Waals surface area contributed by atoms with Crippen LogP contribution in [0.15, 0.2) is 12.4 Å². The number of esters is 1. The van der Waals surface area contributed by atoms with Gasteiger partial charge in [-0.25, -0.2) is 4.98 Å². The average Bonchev–Trinajstić information content (AvgIpc) is 2.63. The third-order valence-corrected chi connectivity index (χ3v) is 2.48. The molecule has 2 heterocycles. The molecule has 0 aliphatic carbocycles. The topological polar surface area (TPSA) is 44.1 Å². The highest BCUT2D eigenvalue weighted by Gasteiger charge is 2.25. The summed E-state index contributed by atoms with van der Waals surface area (Å²) in [4.78, 5) is 15.4. The molecule has 0 saturated heterocycles. The Bertz CT molecular complexity index is 319. The highest BCUT2D eigenvalue weighted by molar-refractivity contribution is 5.72. The van der Waals surface area contributed by atoms with Crippen LogP contribution in [0.4, 0.5) is 0 Å². The van der Waals surface area contributed by atoms with Gasteiger partial charge in [-0.15, -0.1) is 0 Å². The van der Waals surface area contributed by atoms with E-state index in [1.54, 1.807) is 6.20 Å². The lowest BCUT2D eigenvalue weighted by atomic mass is 9.98. The molecule has 2 rings (SSSR count). The molecule has 1 aromatic heterocycles. The number of rotatable bonds is 1. The highest BCUT2D eigenvalue weighted by atomic mass is 16.5. The van der Waals surface area contributed by atoms with Crippen molar-refractivity contribution in [3.8, 4) is 0 Å². The molecule has 0 spiro atoms. The predicted octanol–water partition coefficient (Wildman–Crippen LogP) is 0.618. The molecular weight excluding hydrogens is 168 g/mol. The van der Waals surface area contributed by atoms with Crippen LogP contribution >= 0.6 is 0 Å². The van der Waals surface area contributed by atoms with Crippen LogP contribution in [0.2, 0.25) is 0 Å². The summed E-state index contributed by atoms with van der Waals surface area (Å²) >= 11 is 0. The van der Waals surface area contributed by atoms with Crippen LogP contribution in [0.1, 0.15) is 12.2 Å². The van der Waals surface area contributed by atoms with E-state index < -0.39 is 0 Å². The summed E-state index contributed by atoms with van der Waals surface area (Å²) in [6, 6.07) is 0. The monoisotopic (exact) mass is 180 g/mol. The smallest absolute Gasteiger partial charge is 0.309 e. The van der Waals surface area contributed by atoms with E-state index in [-0.39, 0.29) is 11.9 Å². The van der Waals surface area contributed by atoms with E-state index in [2.05, 4.69) is 9.55 Å². The summed E-state index contributed by atoms with van der Waals surface area (Å²) in [7, 11) is 1.43. The number of hydrogen-bond donors (Lipinski definition) is 0. The van der Waals surface area contributed by atoms with Gasteiger partial charge in [-0.1, -0.05) is 0 Å². The van der Waals surface area contributed by atoms with Crippen LogP contribution in [-0.2, 0) is 22.5 Å². The molecule has 13 heavy (non-hydrogen) atoms. The molecule has 0 fully saturated rings. The van der Waals surface area contributed by atoms with Gasteiger partial charge in [0.1, 0.15) is 5.82 Å². The number of imidazole rings is 1. The molecule has 1 atom stereocenters. The molecular formula is C9H12N2O2. The van der Waals surface area contributed by atoms with Crippen molar-refractivity contribution in [2.45, 2.75) is 19.4 Å². The maximum Gasteiger partial charge on any atom is 0.309 e. The summed E-state index contributed by atoms with van der Waals surface area (Å²) in [6.45, 7) is 0.870. The number of aryl methyl sites for hydroxylation is 1. The maximum atomic E-state index is 11.2. The van der Waals surface area contributed by atoms with Crippen molar-refractivity contribution in [1.29, 1.82) is 0 Å². The number of aromatic nitrogens is 2. The molecule has 0 saturated carbocycles. The zero-order valence-electron chi connectivity index (χ0n) is 7.56. The Labute approximate surface area is 76.5 Å². The summed E-state index contributed by atoms with van der Waals surface area (Å²) in [5.74, 6) is 0.871. The molecule has 0 radical (unpaired) electrons. The molecule has 1 aliphatic heterocycles. The van der Waals surface area contributed by atoms with Crippen LogP contribution in [0.3, 0.4) is 0 Å². The zero-order valence-corrected chi connectivity index (χ0v) is 7.56. The molecule has 1 unspecified atom stereocenters. The minimum Gasteiger partial charge on any atom is -0.469 e. The Hall–Kier alpha value is -1.32. The van der Waals surface area contributed by atoms with Gasteiger partial charge in [0.05, 0.1) is 13.0 Å². The Morgan fingerprint density at radius 3 is 3.38 bits per heavy atom. The van der Waals surface area contributed by atoms with E-state index in [9.17, 15) is 4.79 Å². The number of nitrogens with zero attached hydrogens (tertiary/aromatic N) is 2. The fourth-order valence-corrected chi connectivity index (χ4v) is 1.72. The van der Waals surface area contributed by atoms with Gasteiger partial charge in [-0.2, -0.15) is 0 Å². The van der Waals surface area contributed by atoms with Gasteiger partial charge in [0.15, 0.2) is 0 Å². The minimum atomic E-state index is -0.116. The Kier molecular flexibility index (Phi) is 2.04. The lowest BCUT2D eigenvalue weighted by Gasteiger charge is -2.20. The van der Waals surface area contributed by atoms with Gasteiger partial charge in [0.2, 0.25) is 0 Å². The third-order valence-electron chi connectivity index (χ3n) is 2.48. The Morgan fingerprint density at radius 1 is 1.77 bits per heavy atom. The molecule has 70 valence electrons. The average molecular weight is 180 g/mol. The van der Waals surface area contributed by atoms with Crippen molar-refractivity contribution in [2.24, 2.45) is 5.92 Å². The quantitative estimate of drug-likeness (QED) is 0.595. The zero-order chi connectivity index (χ0) is 9.26. The summed E-state index contributed by atoms with van der Waals surface area (Å²) in [5, 5.41) is 0. The van der Waals surface area contributed by atoms with Crippen molar-refractivity contribution in [3.05, 3.63) is 18.2 Å². The van der Waals surface area contributed by atoms with Crippen LogP contribution < -0.4 is 0 Å². The first-order valence-electron chi connectivity index (χ1n) is 4.39. The van der Waals surface area contributed by atoms with Crippen LogP contribution in [0.25, 0.3) is 0 Å². The van der Waals surface area contributed by atoms with Gasteiger partial charge >= 0.3 is 5.97 Å². The van der Waals surface area contributed by atoms with Gasteiger partial charge in [0.25, 0.3) is 0 Å². The second-order valence-electron chi connectivity index (χ2n) is 3.25. The first-order valence-corrected chi connectivity index (χ1v) is 4.39. The van der Waals surface area contributed by atoms with E-state index >= 15 is 0 Å².